The fraction of sp³-hybridized carbons (Fsp3) is 0. The molecule has 0 N–H and O–H groups in total. The smallest absolute Gasteiger partial charge is 0.159 e. The van der Waals surface area contributed by atoms with Crippen LogP contribution in [0.3, 0.4) is 0 Å². The summed E-state index contributed by atoms with van der Waals surface area (Å²) in [4.78, 5) is 2.32. The molecule has 0 saturated carbocycles. The van der Waals surface area contributed by atoms with E-state index in [-0.39, 0.29) is 0 Å². The van der Waals surface area contributed by atoms with Crippen LogP contribution in [0.15, 0.2) is 221 Å². The average molecular weight is 754 g/mol. The number of para-hydroxylation sites is 2. The average Bonchev–Trinajstić information content (AvgIpc) is 3.89. The maximum Gasteiger partial charge on any atom is 0.159 e. The number of rotatable bonds is 6. The second-order valence-electron chi connectivity index (χ2n) is 15.3. The molecule has 0 radical (unpaired) electrons. The molecule has 0 fully saturated rings. The summed E-state index contributed by atoms with van der Waals surface area (Å²) in [7, 11) is 0. The van der Waals surface area contributed by atoms with Crippen molar-refractivity contribution in [2.45, 2.75) is 0 Å². The second-order valence-corrected chi connectivity index (χ2v) is 15.3. The number of benzene rings is 10. The van der Waals surface area contributed by atoms with Crippen LogP contribution in [0.5, 0.6) is 0 Å². The van der Waals surface area contributed by atoms with Crippen molar-refractivity contribution in [3.8, 4) is 33.4 Å². The number of nitrogens with zero attached hydrogens (tertiary/aromatic N) is 1. The van der Waals surface area contributed by atoms with Gasteiger partial charge < -0.3 is 13.7 Å². The molecule has 12 aromatic rings. The Balaban J connectivity index is 0.948. The number of furan rings is 2. The van der Waals surface area contributed by atoms with Gasteiger partial charge in [0.05, 0.1) is 5.69 Å². The lowest BCUT2D eigenvalue weighted by atomic mass is 9.98. The van der Waals surface area contributed by atoms with Gasteiger partial charge in [-0.25, -0.2) is 0 Å². The van der Waals surface area contributed by atoms with Crippen LogP contribution in [0.1, 0.15) is 0 Å². The highest BCUT2D eigenvalue weighted by molar-refractivity contribution is 6.17. The zero-order valence-electron chi connectivity index (χ0n) is 32.0. The highest BCUT2D eigenvalue weighted by atomic mass is 16.3. The van der Waals surface area contributed by atoms with E-state index in [4.69, 9.17) is 8.83 Å². The molecule has 0 amide bonds. The fourth-order valence-electron chi connectivity index (χ4n) is 8.85. The summed E-state index contributed by atoms with van der Waals surface area (Å²) in [6.07, 6.45) is 0. The third-order valence-electron chi connectivity index (χ3n) is 11.9. The quantitative estimate of drug-likeness (QED) is 0.169. The van der Waals surface area contributed by atoms with Crippen LogP contribution < -0.4 is 4.90 Å². The Morgan fingerprint density at radius 2 is 0.780 bits per heavy atom. The van der Waals surface area contributed by atoms with Crippen molar-refractivity contribution in [3.05, 3.63) is 212 Å². The van der Waals surface area contributed by atoms with E-state index >= 15 is 0 Å². The van der Waals surface area contributed by atoms with Gasteiger partial charge in [0.1, 0.15) is 16.7 Å². The number of hydrogen-bond donors (Lipinski definition) is 0. The Morgan fingerprint density at radius 3 is 1.53 bits per heavy atom. The van der Waals surface area contributed by atoms with Crippen LogP contribution in [-0.2, 0) is 0 Å². The molecule has 59 heavy (non-hydrogen) atoms. The molecule has 0 atom stereocenters. The topological polar surface area (TPSA) is 29.5 Å². The van der Waals surface area contributed by atoms with Gasteiger partial charge in [0.15, 0.2) is 5.58 Å². The van der Waals surface area contributed by atoms with Crippen molar-refractivity contribution in [2.24, 2.45) is 0 Å². The Kier molecular flexibility index (Phi) is 7.54. The van der Waals surface area contributed by atoms with Crippen molar-refractivity contribution in [2.75, 3.05) is 4.90 Å². The van der Waals surface area contributed by atoms with E-state index in [1.54, 1.807) is 0 Å². The third-order valence-corrected chi connectivity index (χ3v) is 11.9. The Morgan fingerprint density at radius 1 is 0.271 bits per heavy atom. The summed E-state index contributed by atoms with van der Waals surface area (Å²) in [6.45, 7) is 0. The molecule has 0 saturated heterocycles. The van der Waals surface area contributed by atoms with Gasteiger partial charge in [0, 0.05) is 38.3 Å². The van der Waals surface area contributed by atoms with E-state index < -0.39 is 0 Å². The summed E-state index contributed by atoms with van der Waals surface area (Å²) in [5, 5.41) is 9.23. The molecule has 0 bridgehead atoms. The lowest BCUT2D eigenvalue weighted by Gasteiger charge is -2.26. The van der Waals surface area contributed by atoms with Gasteiger partial charge in [-0.05, 0) is 110 Å². The molecule has 3 heteroatoms. The fourth-order valence-corrected chi connectivity index (χ4v) is 8.85. The summed E-state index contributed by atoms with van der Waals surface area (Å²) in [5.41, 5.74) is 13.7. The van der Waals surface area contributed by atoms with E-state index in [1.165, 1.54) is 27.5 Å². The van der Waals surface area contributed by atoms with Gasteiger partial charge in [-0.3, -0.25) is 0 Å². The van der Waals surface area contributed by atoms with Crippen LogP contribution in [0.25, 0.3) is 98.8 Å². The van der Waals surface area contributed by atoms with Gasteiger partial charge in [-0.15, -0.1) is 0 Å². The van der Waals surface area contributed by atoms with Crippen molar-refractivity contribution in [1.29, 1.82) is 0 Å². The maximum atomic E-state index is 6.90. The summed E-state index contributed by atoms with van der Waals surface area (Å²) < 4.78 is 13.0. The molecule has 0 unspecified atom stereocenters. The first kappa shape index (κ1) is 33.3. The summed E-state index contributed by atoms with van der Waals surface area (Å²) >= 11 is 0. The summed E-state index contributed by atoms with van der Waals surface area (Å²) in [6, 6.07) is 75.8. The minimum atomic E-state index is 0.855. The molecule has 276 valence electrons. The van der Waals surface area contributed by atoms with Gasteiger partial charge in [-0.1, -0.05) is 152 Å². The molecule has 0 aliphatic heterocycles. The summed E-state index contributed by atoms with van der Waals surface area (Å²) in [5.74, 6) is 0. The Labute approximate surface area is 340 Å². The minimum Gasteiger partial charge on any atom is -0.456 e. The van der Waals surface area contributed by atoms with Crippen molar-refractivity contribution < 1.29 is 8.83 Å². The molecular weight excluding hydrogens is 719 g/mol. The van der Waals surface area contributed by atoms with E-state index in [9.17, 15) is 0 Å². The SMILES string of the molecule is c1ccc2cc(-c3ccc(-c4ccc(N(c5ccc(-c6ccc7oc8ccccc8c7c6)cc5)c5cccc6c5oc5c7ccccc7ccc65)cc4)cc3)ccc2c1. The lowest BCUT2D eigenvalue weighted by Crippen LogP contribution is -2.10. The first-order chi connectivity index (χ1) is 29.2. The molecule has 10 aromatic carbocycles. The highest BCUT2D eigenvalue weighted by Gasteiger charge is 2.21. The van der Waals surface area contributed by atoms with Gasteiger partial charge in [0.25, 0.3) is 0 Å². The largest absolute Gasteiger partial charge is 0.456 e. The van der Waals surface area contributed by atoms with Crippen LogP contribution >= 0.6 is 0 Å². The minimum absolute atomic E-state index is 0.855. The Hall–Kier alpha value is -7.88. The molecule has 2 aromatic heterocycles. The number of anilines is 3. The zero-order chi connectivity index (χ0) is 38.9. The van der Waals surface area contributed by atoms with Crippen molar-refractivity contribution in [1.82, 2.24) is 0 Å². The van der Waals surface area contributed by atoms with Gasteiger partial charge in [0.2, 0.25) is 0 Å². The predicted octanol–water partition coefficient (Wildman–Crippen LogP) is 16.3. The van der Waals surface area contributed by atoms with Crippen molar-refractivity contribution >= 4 is 82.5 Å². The molecule has 0 spiro atoms. The van der Waals surface area contributed by atoms with E-state index in [2.05, 4.69) is 205 Å². The number of fused-ring (bicyclic) bond motifs is 9. The van der Waals surface area contributed by atoms with Crippen LogP contribution in [0.2, 0.25) is 0 Å². The van der Waals surface area contributed by atoms with Crippen molar-refractivity contribution in [3.63, 3.8) is 0 Å². The zero-order valence-corrected chi connectivity index (χ0v) is 32.0. The van der Waals surface area contributed by atoms with Gasteiger partial charge in [-0.2, -0.15) is 0 Å². The standard InChI is InChI=1S/C56H35NO2/c1-2-10-42-34-43(21-20-36(42)8-1)39-18-16-37(17-19-39)38-22-28-45(29-23-38)57(52-14-7-13-49-50-32-26-41-9-3-4-11-47(41)55(50)59-56(49)52)46-30-24-40(25-31-46)44-27-33-54-51(35-44)48-12-5-6-15-53(48)58-54/h1-35H. The molecule has 12 rings (SSSR count). The monoisotopic (exact) mass is 753 g/mol. The number of hydrogen-bond acceptors (Lipinski definition) is 3. The normalized spacial score (nSPS) is 11.7. The predicted molar refractivity (Wildman–Crippen MR) is 247 cm³/mol. The molecule has 0 aliphatic rings. The molecular formula is C56H35NO2. The Bertz CT molecular complexity index is 3540. The third kappa shape index (κ3) is 5.59. The molecule has 0 aliphatic carbocycles. The van der Waals surface area contributed by atoms with E-state index in [1.807, 2.05) is 12.1 Å². The lowest BCUT2D eigenvalue weighted by molar-refractivity contribution is 0.669. The van der Waals surface area contributed by atoms with Crippen LogP contribution in [-0.4, -0.2) is 0 Å². The molecule has 3 nitrogen and oxygen atoms in total. The molecule has 2 heterocycles. The van der Waals surface area contributed by atoms with Crippen LogP contribution in [0, 0.1) is 0 Å². The van der Waals surface area contributed by atoms with Crippen LogP contribution in [0.4, 0.5) is 17.1 Å². The van der Waals surface area contributed by atoms with E-state index in [0.29, 0.717) is 0 Å². The highest BCUT2D eigenvalue weighted by Crippen LogP contribution is 2.44. The second kappa shape index (κ2) is 13.4. The van der Waals surface area contributed by atoms with Gasteiger partial charge >= 0.3 is 0 Å². The van der Waals surface area contributed by atoms with E-state index in [0.717, 1.165) is 88.4 Å². The first-order valence-corrected chi connectivity index (χ1v) is 20.1. The maximum absolute atomic E-state index is 6.90. The first-order valence-electron chi connectivity index (χ1n) is 20.1.